The number of aliphatic hydroxyl groups excluding tert-OH is 1. The molecular weight excluding hydrogens is 88.1 g/mol. The summed E-state index contributed by atoms with van der Waals surface area (Å²) < 4.78 is 0. The molecular formula is C6H10O. The Kier molecular flexibility index (Phi) is 5.00. The summed E-state index contributed by atoms with van der Waals surface area (Å²) in [6.07, 6.45) is 6.10. The molecule has 1 N–H and O–H groups in total. The van der Waals surface area contributed by atoms with E-state index in [2.05, 4.69) is 6.58 Å². The molecule has 1 nitrogen and oxygen atoms in total. The van der Waals surface area contributed by atoms with Crippen LogP contribution in [0, 0.1) is 0 Å². The molecule has 0 atom stereocenters. The third-order valence-electron chi connectivity index (χ3n) is 0.568. The summed E-state index contributed by atoms with van der Waals surface area (Å²) in [4.78, 5) is 0. The van der Waals surface area contributed by atoms with Crippen molar-refractivity contribution in [3.8, 4) is 0 Å². The molecule has 0 aliphatic carbocycles. The quantitative estimate of drug-likeness (QED) is 0.524. The van der Waals surface area contributed by atoms with Gasteiger partial charge in [0.25, 0.3) is 0 Å². The Morgan fingerprint density at radius 3 is 2.71 bits per heavy atom. The van der Waals surface area contributed by atoms with Crippen LogP contribution in [-0.2, 0) is 0 Å². The molecule has 0 aliphatic rings. The predicted octanol–water partition coefficient (Wildman–Crippen LogP) is 1.11. The van der Waals surface area contributed by atoms with Crippen molar-refractivity contribution in [3.05, 3.63) is 24.8 Å². The smallest absolute Gasteiger partial charge is 0.0465 e. The van der Waals surface area contributed by atoms with Gasteiger partial charge in [-0.3, -0.25) is 0 Å². The molecule has 0 fully saturated rings. The van der Waals surface area contributed by atoms with Crippen LogP contribution in [0.25, 0.3) is 0 Å². The highest BCUT2D eigenvalue weighted by molar-refractivity contribution is 4.96. The van der Waals surface area contributed by atoms with E-state index in [1.807, 2.05) is 12.2 Å². The number of aliphatic hydroxyl groups is 1. The topological polar surface area (TPSA) is 20.2 Å². The summed E-state index contributed by atoms with van der Waals surface area (Å²) in [6.45, 7) is 3.69. The van der Waals surface area contributed by atoms with E-state index in [0.29, 0.717) is 0 Å². The van der Waals surface area contributed by atoms with E-state index >= 15 is 0 Å². The van der Waals surface area contributed by atoms with Crippen LogP contribution < -0.4 is 0 Å². The highest BCUT2D eigenvalue weighted by Crippen LogP contribution is 1.78. The zero-order chi connectivity index (χ0) is 5.54. The molecule has 0 saturated heterocycles. The Labute approximate surface area is 44.0 Å². The first-order valence-corrected chi connectivity index (χ1v) is 2.30. The summed E-state index contributed by atoms with van der Waals surface area (Å²) >= 11 is 0. The van der Waals surface area contributed by atoms with Crippen molar-refractivity contribution in [2.75, 3.05) is 6.61 Å². The minimum atomic E-state index is 0.227. The third-order valence-corrected chi connectivity index (χ3v) is 0.568. The van der Waals surface area contributed by atoms with E-state index in [1.54, 1.807) is 6.08 Å². The van der Waals surface area contributed by atoms with Crippen molar-refractivity contribution in [2.24, 2.45) is 0 Å². The van der Waals surface area contributed by atoms with Gasteiger partial charge in [-0.05, 0) is 6.42 Å². The zero-order valence-electron chi connectivity index (χ0n) is 4.30. The van der Waals surface area contributed by atoms with Crippen LogP contribution in [0.3, 0.4) is 0 Å². The highest BCUT2D eigenvalue weighted by atomic mass is 16.2. The van der Waals surface area contributed by atoms with E-state index < -0.39 is 0 Å². The van der Waals surface area contributed by atoms with Crippen LogP contribution in [0.4, 0.5) is 0 Å². The van der Waals surface area contributed by atoms with Crippen LogP contribution in [0.5, 0.6) is 0 Å². The van der Waals surface area contributed by atoms with Gasteiger partial charge in [-0.2, -0.15) is 0 Å². The molecule has 0 bridgehead atoms. The van der Waals surface area contributed by atoms with E-state index in [0.717, 1.165) is 6.42 Å². The molecule has 0 aromatic rings. The predicted molar refractivity (Wildman–Crippen MR) is 31.0 cm³/mol. The lowest BCUT2D eigenvalue weighted by Crippen LogP contribution is -1.73. The zero-order valence-corrected chi connectivity index (χ0v) is 4.30. The van der Waals surface area contributed by atoms with Gasteiger partial charge < -0.3 is 5.11 Å². The second-order valence-electron chi connectivity index (χ2n) is 1.18. The van der Waals surface area contributed by atoms with Crippen molar-refractivity contribution >= 4 is 0 Å². The van der Waals surface area contributed by atoms with Crippen molar-refractivity contribution in [1.82, 2.24) is 0 Å². The average molecular weight is 98.1 g/mol. The number of hydrogen-bond donors (Lipinski definition) is 1. The largest absolute Gasteiger partial charge is 0.396 e. The minimum absolute atomic E-state index is 0.227. The number of rotatable bonds is 3. The van der Waals surface area contributed by atoms with Gasteiger partial charge in [0.1, 0.15) is 0 Å². The minimum Gasteiger partial charge on any atom is -0.396 e. The summed E-state index contributed by atoms with van der Waals surface area (Å²) in [6, 6.07) is 0. The maximum atomic E-state index is 8.21. The van der Waals surface area contributed by atoms with Crippen molar-refractivity contribution in [2.45, 2.75) is 6.42 Å². The standard InChI is InChI=1S/C6H10O/c1-2-3-4-5-6-7/h2-4,7H,1,5-6H2/b4-3-. The second kappa shape index (κ2) is 5.44. The number of hydrogen-bond acceptors (Lipinski definition) is 1. The van der Waals surface area contributed by atoms with Gasteiger partial charge in [-0.25, -0.2) is 0 Å². The van der Waals surface area contributed by atoms with Crippen molar-refractivity contribution < 1.29 is 5.11 Å². The molecule has 0 spiro atoms. The second-order valence-corrected chi connectivity index (χ2v) is 1.18. The van der Waals surface area contributed by atoms with Gasteiger partial charge in [0.05, 0.1) is 0 Å². The fourth-order valence-corrected chi connectivity index (χ4v) is 0.267. The molecule has 1 heteroatoms. The SMILES string of the molecule is C=C/C=C\CCO. The fourth-order valence-electron chi connectivity index (χ4n) is 0.267. The lowest BCUT2D eigenvalue weighted by molar-refractivity contribution is 0.302. The first kappa shape index (κ1) is 6.44. The molecule has 0 heterocycles. The van der Waals surface area contributed by atoms with Crippen LogP contribution in [0.2, 0.25) is 0 Å². The van der Waals surface area contributed by atoms with Gasteiger partial charge in [0.15, 0.2) is 0 Å². The van der Waals surface area contributed by atoms with Crippen molar-refractivity contribution in [3.63, 3.8) is 0 Å². The first-order chi connectivity index (χ1) is 3.41. The average Bonchev–Trinajstić information content (AvgIpc) is 1.69. The van der Waals surface area contributed by atoms with Crippen LogP contribution in [-0.4, -0.2) is 11.7 Å². The van der Waals surface area contributed by atoms with Gasteiger partial charge in [-0.1, -0.05) is 24.8 Å². The Morgan fingerprint density at radius 2 is 2.29 bits per heavy atom. The lowest BCUT2D eigenvalue weighted by atomic mass is 10.4. The fraction of sp³-hybridized carbons (Fsp3) is 0.333. The lowest BCUT2D eigenvalue weighted by Gasteiger charge is -1.77. The first-order valence-electron chi connectivity index (χ1n) is 2.30. The molecule has 0 rings (SSSR count). The van der Waals surface area contributed by atoms with Gasteiger partial charge >= 0.3 is 0 Å². The third kappa shape index (κ3) is 5.44. The molecule has 7 heavy (non-hydrogen) atoms. The summed E-state index contributed by atoms with van der Waals surface area (Å²) in [5.74, 6) is 0. The normalized spacial score (nSPS) is 9.86. The molecule has 40 valence electrons. The Hall–Kier alpha value is -0.560. The van der Waals surface area contributed by atoms with Crippen LogP contribution >= 0.6 is 0 Å². The molecule has 0 aromatic carbocycles. The monoisotopic (exact) mass is 98.1 g/mol. The summed E-state index contributed by atoms with van der Waals surface area (Å²) in [5.41, 5.74) is 0. The molecule has 0 saturated carbocycles. The van der Waals surface area contributed by atoms with Crippen LogP contribution in [0.15, 0.2) is 24.8 Å². The Balaban J connectivity index is 2.92. The summed E-state index contributed by atoms with van der Waals surface area (Å²) in [7, 11) is 0. The maximum absolute atomic E-state index is 8.21. The van der Waals surface area contributed by atoms with Crippen molar-refractivity contribution in [1.29, 1.82) is 0 Å². The molecule has 0 unspecified atom stereocenters. The molecule has 0 amide bonds. The Bertz CT molecular complexity index is 64.6. The van der Waals surface area contributed by atoms with E-state index in [4.69, 9.17) is 5.11 Å². The van der Waals surface area contributed by atoms with E-state index in [-0.39, 0.29) is 6.61 Å². The summed E-state index contributed by atoms with van der Waals surface area (Å²) in [5, 5.41) is 8.21. The molecule has 0 aliphatic heterocycles. The van der Waals surface area contributed by atoms with E-state index in [1.165, 1.54) is 0 Å². The van der Waals surface area contributed by atoms with E-state index in [9.17, 15) is 0 Å². The molecule has 0 radical (unpaired) electrons. The van der Waals surface area contributed by atoms with Gasteiger partial charge in [-0.15, -0.1) is 0 Å². The Morgan fingerprint density at radius 1 is 1.57 bits per heavy atom. The van der Waals surface area contributed by atoms with Gasteiger partial charge in [0, 0.05) is 6.61 Å². The maximum Gasteiger partial charge on any atom is 0.0465 e. The van der Waals surface area contributed by atoms with Crippen LogP contribution in [0.1, 0.15) is 6.42 Å². The highest BCUT2D eigenvalue weighted by Gasteiger charge is 1.67. The number of allylic oxidation sites excluding steroid dienone is 2. The molecule has 0 aromatic heterocycles. The van der Waals surface area contributed by atoms with Gasteiger partial charge in [0.2, 0.25) is 0 Å².